The maximum atomic E-state index is 11.1. The third-order valence-electron chi connectivity index (χ3n) is 3.20. The third-order valence-corrected chi connectivity index (χ3v) is 3.73. The summed E-state index contributed by atoms with van der Waals surface area (Å²) in [6.45, 7) is 2.02. The van der Waals surface area contributed by atoms with Crippen molar-refractivity contribution in [3.8, 4) is 11.4 Å². The average Bonchev–Trinajstić information content (AvgIpc) is 2.90. The van der Waals surface area contributed by atoms with Crippen LogP contribution >= 0.6 is 15.9 Å². The number of aromatic nitrogens is 3. The van der Waals surface area contributed by atoms with Gasteiger partial charge in [0.15, 0.2) is 12.1 Å². The van der Waals surface area contributed by atoms with E-state index in [1.54, 1.807) is 6.20 Å². The maximum absolute atomic E-state index is 11.1. The van der Waals surface area contributed by atoms with E-state index in [0.29, 0.717) is 17.0 Å². The minimum atomic E-state index is 0.610. The SMILES string of the molecule is CCc1nc(-c2ccc(Br)cc2)nc2[nH]cc(C=O)c12. The molecule has 4 nitrogen and oxygen atoms in total. The highest BCUT2D eigenvalue weighted by Gasteiger charge is 2.13. The van der Waals surface area contributed by atoms with E-state index in [1.807, 2.05) is 31.2 Å². The Morgan fingerprint density at radius 3 is 2.65 bits per heavy atom. The molecule has 1 aromatic carbocycles. The Hall–Kier alpha value is -2.01. The lowest BCUT2D eigenvalue weighted by Gasteiger charge is -2.05. The number of hydrogen-bond acceptors (Lipinski definition) is 3. The van der Waals surface area contributed by atoms with E-state index in [1.165, 1.54) is 0 Å². The topological polar surface area (TPSA) is 58.6 Å². The number of nitrogens with one attached hydrogen (secondary N) is 1. The fourth-order valence-corrected chi connectivity index (χ4v) is 2.47. The first-order valence-electron chi connectivity index (χ1n) is 6.32. The van der Waals surface area contributed by atoms with Gasteiger partial charge in [-0.15, -0.1) is 0 Å². The zero-order valence-corrected chi connectivity index (χ0v) is 12.4. The number of aldehydes is 1. The van der Waals surface area contributed by atoms with Crippen LogP contribution in [0, 0.1) is 0 Å². The molecule has 0 aliphatic heterocycles. The molecule has 0 aliphatic rings. The smallest absolute Gasteiger partial charge is 0.161 e. The Kier molecular flexibility index (Phi) is 3.36. The molecule has 0 radical (unpaired) electrons. The normalized spacial score (nSPS) is 10.9. The van der Waals surface area contributed by atoms with E-state index in [-0.39, 0.29) is 0 Å². The van der Waals surface area contributed by atoms with E-state index >= 15 is 0 Å². The molecule has 2 aromatic heterocycles. The van der Waals surface area contributed by atoms with Crippen LogP contribution in [-0.4, -0.2) is 21.2 Å². The van der Waals surface area contributed by atoms with Gasteiger partial charge in [-0.05, 0) is 18.6 Å². The average molecular weight is 330 g/mol. The summed E-state index contributed by atoms with van der Waals surface area (Å²) in [5.74, 6) is 0.668. The number of fused-ring (bicyclic) bond motifs is 1. The van der Waals surface area contributed by atoms with E-state index in [9.17, 15) is 4.79 Å². The van der Waals surface area contributed by atoms with Crippen LogP contribution < -0.4 is 0 Å². The number of benzene rings is 1. The quantitative estimate of drug-likeness (QED) is 0.744. The Labute approximate surface area is 124 Å². The lowest BCUT2D eigenvalue weighted by atomic mass is 10.1. The Morgan fingerprint density at radius 1 is 1.25 bits per heavy atom. The van der Waals surface area contributed by atoms with Gasteiger partial charge in [-0.2, -0.15) is 0 Å². The van der Waals surface area contributed by atoms with Crippen molar-refractivity contribution in [2.75, 3.05) is 0 Å². The van der Waals surface area contributed by atoms with Crippen LogP contribution in [0.15, 0.2) is 34.9 Å². The molecule has 0 unspecified atom stereocenters. The molecule has 3 rings (SSSR count). The van der Waals surface area contributed by atoms with Gasteiger partial charge in [0.25, 0.3) is 0 Å². The van der Waals surface area contributed by atoms with Crippen LogP contribution in [0.2, 0.25) is 0 Å². The van der Waals surface area contributed by atoms with Crippen LogP contribution in [0.1, 0.15) is 23.0 Å². The summed E-state index contributed by atoms with van der Waals surface area (Å²) in [4.78, 5) is 23.2. The molecule has 0 bridgehead atoms. The molecule has 100 valence electrons. The second-order valence-corrected chi connectivity index (χ2v) is 5.36. The van der Waals surface area contributed by atoms with Gasteiger partial charge in [0, 0.05) is 21.8 Å². The summed E-state index contributed by atoms with van der Waals surface area (Å²) in [5, 5.41) is 0.823. The summed E-state index contributed by atoms with van der Waals surface area (Å²) >= 11 is 3.41. The molecule has 20 heavy (non-hydrogen) atoms. The van der Waals surface area contributed by atoms with Crippen molar-refractivity contribution >= 4 is 33.2 Å². The molecule has 1 N–H and O–H groups in total. The van der Waals surface area contributed by atoms with Crippen molar-refractivity contribution in [3.05, 3.63) is 46.2 Å². The molecular formula is C15H12BrN3O. The van der Waals surface area contributed by atoms with Crippen molar-refractivity contribution in [3.63, 3.8) is 0 Å². The fraction of sp³-hybridized carbons (Fsp3) is 0.133. The van der Waals surface area contributed by atoms with Crippen molar-refractivity contribution < 1.29 is 4.79 Å². The summed E-state index contributed by atoms with van der Waals surface area (Å²) in [5.41, 5.74) is 3.15. The molecule has 0 saturated carbocycles. The lowest BCUT2D eigenvalue weighted by molar-refractivity contribution is 0.112. The van der Waals surface area contributed by atoms with Gasteiger partial charge in [0.1, 0.15) is 5.65 Å². The van der Waals surface area contributed by atoms with E-state index in [2.05, 4.69) is 30.9 Å². The fourth-order valence-electron chi connectivity index (χ4n) is 2.21. The van der Waals surface area contributed by atoms with Crippen molar-refractivity contribution in [2.45, 2.75) is 13.3 Å². The molecule has 0 saturated heterocycles. The van der Waals surface area contributed by atoms with E-state index < -0.39 is 0 Å². The highest BCUT2D eigenvalue weighted by atomic mass is 79.9. The molecule has 5 heteroatoms. The highest BCUT2D eigenvalue weighted by Crippen LogP contribution is 2.24. The number of aromatic amines is 1. The van der Waals surface area contributed by atoms with Crippen LogP contribution in [0.4, 0.5) is 0 Å². The maximum Gasteiger partial charge on any atom is 0.161 e. The third kappa shape index (κ3) is 2.14. The van der Waals surface area contributed by atoms with Gasteiger partial charge in [-0.1, -0.05) is 35.0 Å². The van der Waals surface area contributed by atoms with Crippen molar-refractivity contribution in [1.29, 1.82) is 0 Å². The molecule has 0 atom stereocenters. The first-order valence-corrected chi connectivity index (χ1v) is 7.11. The number of rotatable bonds is 3. The van der Waals surface area contributed by atoms with Crippen LogP contribution in [0.3, 0.4) is 0 Å². The highest BCUT2D eigenvalue weighted by molar-refractivity contribution is 9.10. The van der Waals surface area contributed by atoms with Crippen LogP contribution in [0.25, 0.3) is 22.4 Å². The summed E-state index contributed by atoms with van der Waals surface area (Å²) in [6, 6.07) is 7.85. The molecule has 0 aliphatic carbocycles. The number of nitrogens with zero attached hydrogens (tertiary/aromatic N) is 2. The Balaban J connectivity index is 2.23. The zero-order valence-electron chi connectivity index (χ0n) is 10.9. The second-order valence-electron chi connectivity index (χ2n) is 4.44. The van der Waals surface area contributed by atoms with E-state index in [0.717, 1.165) is 33.8 Å². The van der Waals surface area contributed by atoms with Gasteiger partial charge < -0.3 is 4.98 Å². The molecule has 0 spiro atoms. The zero-order chi connectivity index (χ0) is 14.1. The summed E-state index contributed by atoms with van der Waals surface area (Å²) < 4.78 is 1.01. The van der Waals surface area contributed by atoms with E-state index in [4.69, 9.17) is 0 Å². The number of carbonyl (C=O) groups excluding carboxylic acids is 1. The number of aryl methyl sites for hydroxylation is 1. The number of carbonyl (C=O) groups is 1. The van der Waals surface area contributed by atoms with Gasteiger partial charge in [0.05, 0.1) is 11.1 Å². The standard InChI is InChI=1S/C15H12BrN3O/c1-2-12-13-10(8-20)7-17-15(13)19-14(18-12)9-3-5-11(16)6-4-9/h3-8H,2H2,1H3,(H,17,18,19). The predicted octanol–water partition coefficient (Wildman–Crippen LogP) is 3.76. The van der Waals surface area contributed by atoms with Crippen molar-refractivity contribution in [2.24, 2.45) is 0 Å². The van der Waals surface area contributed by atoms with Gasteiger partial charge in [0.2, 0.25) is 0 Å². The van der Waals surface area contributed by atoms with Crippen LogP contribution in [0.5, 0.6) is 0 Å². The lowest BCUT2D eigenvalue weighted by Crippen LogP contribution is -1.97. The monoisotopic (exact) mass is 329 g/mol. The van der Waals surface area contributed by atoms with Gasteiger partial charge >= 0.3 is 0 Å². The van der Waals surface area contributed by atoms with Crippen LogP contribution in [-0.2, 0) is 6.42 Å². The number of halogens is 1. The summed E-state index contributed by atoms with van der Waals surface area (Å²) in [7, 11) is 0. The minimum absolute atomic E-state index is 0.610. The first-order chi connectivity index (χ1) is 9.72. The number of hydrogen-bond donors (Lipinski definition) is 1. The summed E-state index contributed by atoms with van der Waals surface area (Å²) in [6.07, 6.45) is 3.26. The molecule has 0 fully saturated rings. The first kappa shape index (κ1) is 13.0. The second kappa shape index (κ2) is 5.17. The Morgan fingerprint density at radius 2 is 2.00 bits per heavy atom. The minimum Gasteiger partial charge on any atom is -0.345 e. The largest absolute Gasteiger partial charge is 0.345 e. The predicted molar refractivity (Wildman–Crippen MR) is 81.8 cm³/mol. The van der Waals surface area contributed by atoms with Gasteiger partial charge in [-0.3, -0.25) is 4.79 Å². The molecule has 3 aromatic rings. The van der Waals surface area contributed by atoms with Gasteiger partial charge in [-0.25, -0.2) is 9.97 Å². The number of H-pyrrole nitrogens is 1. The van der Waals surface area contributed by atoms with Crippen molar-refractivity contribution in [1.82, 2.24) is 15.0 Å². The molecule has 0 amide bonds. The Bertz CT molecular complexity index is 778. The molecule has 2 heterocycles. The molecular weight excluding hydrogens is 318 g/mol.